The summed E-state index contributed by atoms with van der Waals surface area (Å²) < 4.78 is 10.8. The number of hydrogen-bond acceptors (Lipinski definition) is 5. The van der Waals surface area contributed by atoms with Crippen molar-refractivity contribution >= 4 is 11.9 Å². The third-order valence-corrected chi connectivity index (χ3v) is 4.94. The zero-order valence-electron chi connectivity index (χ0n) is 14.0. The Bertz CT molecular complexity index is 398. The molecule has 5 heteroatoms. The fourth-order valence-corrected chi connectivity index (χ4v) is 4.03. The van der Waals surface area contributed by atoms with Gasteiger partial charge in [0, 0.05) is 19.9 Å². The minimum absolute atomic E-state index is 0.275. The lowest BCUT2D eigenvalue weighted by molar-refractivity contribution is -0.174. The second kappa shape index (κ2) is 7.95. The van der Waals surface area contributed by atoms with Gasteiger partial charge in [-0.3, -0.25) is 9.59 Å². The summed E-state index contributed by atoms with van der Waals surface area (Å²) in [6.45, 7) is 6.08. The molecule has 0 aromatic rings. The van der Waals surface area contributed by atoms with Gasteiger partial charge < -0.3 is 14.8 Å². The van der Waals surface area contributed by atoms with Crippen molar-refractivity contribution in [2.24, 2.45) is 11.8 Å². The second-order valence-corrected chi connectivity index (χ2v) is 6.75. The molecule has 2 aliphatic carbocycles. The van der Waals surface area contributed by atoms with E-state index in [2.05, 4.69) is 12.2 Å². The Morgan fingerprint density at radius 3 is 2.09 bits per heavy atom. The Morgan fingerprint density at radius 2 is 1.55 bits per heavy atom. The number of nitrogens with one attached hydrogen (secondary N) is 1. The molecule has 2 aliphatic rings. The second-order valence-electron chi connectivity index (χ2n) is 6.75. The molecular weight excluding hydrogens is 282 g/mol. The molecular formula is C17H29NO4. The third-order valence-electron chi connectivity index (χ3n) is 4.94. The topological polar surface area (TPSA) is 64.6 Å². The number of carbonyl (C=O) groups excluding carboxylic acids is 2. The van der Waals surface area contributed by atoms with Crippen molar-refractivity contribution in [1.29, 1.82) is 0 Å². The molecule has 2 rings (SSSR count). The summed E-state index contributed by atoms with van der Waals surface area (Å²) in [5.74, 6) is 0.547. The van der Waals surface area contributed by atoms with Crippen molar-refractivity contribution in [3.8, 4) is 0 Å². The summed E-state index contributed by atoms with van der Waals surface area (Å²) in [5, 5.41) is 3.61. The third kappa shape index (κ3) is 4.70. The van der Waals surface area contributed by atoms with Gasteiger partial charge in [-0.05, 0) is 56.9 Å². The molecule has 5 atom stereocenters. The largest absolute Gasteiger partial charge is 0.459 e. The van der Waals surface area contributed by atoms with Crippen LogP contribution >= 0.6 is 0 Å². The molecule has 0 amide bonds. The molecule has 5 unspecified atom stereocenters. The van der Waals surface area contributed by atoms with E-state index in [1.54, 1.807) is 0 Å². The fourth-order valence-electron chi connectivity index (χ4n) is 4.03. The fraction of sp³-hybridized carbons (Fsp3) is 0.882. The first-order chi connectivity index (χ1) is 10.5. The summed E-state index contributed by atoms with van der Waals surface area (Å²) in [6, 6.07) is 0.574. The monoisotopic (exact) mass is 311 g/mol. The number of carbonyl (C=O) groups is 2. The Balaban J connectivity index is 1.97. The van der Waals surface area contributed by atoms with Gasteiger partial charge in [0.1, 0.15) is 12.2 Å². The van der Waals surface area contributed by atoms with Crippen LogP contribution in [0.15, 0.2) is 0 Å². The lowest BCUT2D eigenvalue weighted by Crippen LogP contribution is -2.48. The molecule has 0 aromatic carbocycles. The number of esters is 2. The van der Waals surface area contributed by atoms with E-state index in [0.29, 0.717) is 17.9 Å². The van der Waals surface area contributed by atoms with E-state index >= 15 is 0 Å². The zero-order valence-corrected chi connectivity index (χ0v) is 14.0. The van der Waals surface area contributed by atoms with Crippen molar-refractivity contribution in [3.63, 3.8) is 0 Å². The Labute approximate surface area is 133 Å². The van der Waals surface area contributed by atoms with Gasteiger partial charge in [0.2, 0.25) is 0 Å². The summed E-state index contributed by atoms with van der Waals surface area (Å²) in [6.07, 6.45) is 5.71. The van der Waals surface area contributed by atoms with Gasteiger partial charge in [0.05, 0.1) is 0 Å². The van der Waals surface area contributed by atoms with Crippen molar-refractivity contribution in [1.82, 2.24) is 5.32 Å². The highest BCUT2D eigenvalue weighted by atomic mass is 16.6. The highest BCUT2D eigenvalue weighted by Crippen LogP contribution is 2.42. The minimum atomic E-state index is -0.294. The van der Waals surface area contributed by atoms with Crippen LogP contribution < -0.4 is 5.32 Å². The standard InChI is InChI=1S/C17H29NO4/c1-4-7-18-15-6-5-13-9-16(21-11(2)19)17(22-12(3)20)10-14(13)8-15/h13-18H,4-10H2,1-3H3. The molecule has 0 saturated heterocycles. The van der Waals surface area contributed by atoms with Crippen LogP contribution in [0.25, 0.3) is 0 Å². The molecule has 0 spiro atoms. The smallest absolute Gasteiger partial charge is 0.303 e. The molecule has 1 N–H and O–H groups in total. The van der Waals surface area contributed by atoms with E-state index in [-0.39, 0.29) is 24.1 Å². The maximum Gasteiger partial charge on any atom is 0.303 e. The van der Waals surface area contributed by atoms with Gasteiger partial charge >= 0.3 is 11.9 Å². The van der Waals surface area contributed by atoms with E-state index in [4.69, 9.17) is 9.47 Å². The van der Waals surface area contributed by atoms with E-state index < -0.39 is 0 Å². The van der Waals surface area contributed by atoms with Gasteiger partial charge in [0.25, 0.3) is 0 Å². The average Bonchev–Trinajstić information content (AvgIpc) is 2.44. The molecule has 2 saturated carbocycles. The Kier molecular flexibility index (Phi) is 6.24. The summed E-state index contributed by atoms with van der Waals surface area (Å²) in [7, 11) is 0. The van der Waals surface area contributed by atoms with Crippen LogP contribution in [0, 0.1) is 11.8 Å². The van der Waals surface area contributed by atoms with Gasteiger partial charge in [-0.25, -0.2) is 0 Å². The summed E-state index contributed by atoms with van der Waals surface area (Å²) in [5.41, 5.74) is 0. The normalized spacial score (nSPS) is 34.6. The van der Waals surface area contributed by atoms with E-state index in [1.807, 2.05) is 0 Å². The minimum Gasteiger partial charge on any atom is -0.459 e. The molecule has 126 valence electrons. The predicted octanol–water partition coefficient (Wildman–Crippen LogP) is 2.43. The summed E-state index contributed by atoms with van der Waals surface area (Å²) >= 11 is 0. The van der Waals surface area contributed by atoms with Crippen molar-refractivity contribution in [2.75, 3.05) is 6.54 Å². The lowest BCUT2D eigenvalue weighted by Gasteiger charge is -2.44. The van der Waals surface area contributed by atoms with Gasteiger partial charge in [0.15, 0.2) is 0 Å². The predicted molar refractivity (Wildman–Crippen MR) is 83.3 cm³/mol. The van der Waals surface area contributed by atoms with Crippen LogP contribution in [0.5, 0.6) is 0 Å². The molecule has 0 radical (unpaired) electrons. The molecule has 22 heavy (non-hydrogen) atoms. The highest BCUT2D eigenvalue weighted by Gasteiger charge is 2.43. The number of hydrogen-bond donors (Lipinski definition) is 1. The Hall–Kier alpha value is -1.10. The SMILES string of the molecule is CCCNC1CCC2CC(OC(C)=O)C(OC(C)=O)CC2C1. The summed E-state index contributed by atoms with van der Waals surface area (Å²) in [4.78, 5) is 22.6. The maximum absolute atomic E-state index is 11.3. The van der Waals surface area contributed by atoms with E-state index in [0.717, 1.165) is 38.6 Å². The van der Waals surface area contributed by atoms with E-state index in [1.165, 1.54) is 20.3 Å². The first kappa shape index (κ1) is 17.3. The van der Waals surface area contributed by atoms with Crippen LogP contribution in [0.2, 0.25) is 0 Å². The molecule has 0 bridgehead atoms. The van der Waals surface area contributed by atoms with Gasteiger partial charge in [-0.1, -0.05) is 6.92 Å². The first-order valence-corrected chi connectivity index (χ1v) is 8.57. The first-order valence-electron chi connectivity index (χ1n) is 8.57. The quantitative estimate of drug-likeness (QED) is 0.790. The zero-order chi connectivity index (χ0) is 16.1. The van der Waals surface area contributed by atoms with Crippen LogP contribution in [0.4, 0.5) is 0 Å². The lowest BCUT2D eigenvalue weighted by atomic mass is 9.67. The number of ether oxygens (including phenoxy) is 2. The van der Waals surface area contributed by atoms with Crippen LogP contribution in [0.3, 0.4) is 0 Å². The molecule has 2 fully saturated rings. The maximum atomic E-state index is 11.3. The van der Waals surface area contributed by atoms with Crippen LogP contribution in [0.1, 0.15) is 59.3 Å². The van der Waals surface area contributed by atoms with Gasteiger partial charge in [-0.15, -0.1) is 0 Å². The van der Waals surface area contributed by atoms with Crippen molar-refractivity contribution < 1.29 is 19.1 Å². The number of rotatable bonds is 5. The van der Waals surface area contributed by atoms with Crippen molar-refractivity contribution in [2.45, 2.75) is 77.5 Å². The highest BCUT2D eigenvalue weighted by molar-refractivity contribution is 5.67. The van der Waals surface area contributed by atoms with Gasteiger partial charge in [-0.2, -0.15) is 0 Å². The molecule has 5 nitrogen and oxygen atoms in total. The molecule has 0 aliphatic heterocycles. The average molecular weight is 311 g/mol. The number of fused-ring (bicyclic) bond motifs is 1. The van der Waals surface area contributed by atoms with E-state index in [9.17, 15) is 9.59 Å². The van der Waals surface area contributed by atoms with Crippen molar-refractivity contribution in [3.05, 3.63) is 0 Å². The van der Waals surface area contributed by atoms with Crippen LogP contribution in [-0.4, -0.2) is 36.7 Å². The molecule has 0 aromatic heterocycles. The Morgan fingerprint density at radius 1 is 0.955 bits per heavy atom. The molecule has 0 heterocycles. The van der Waals surface area contributed by atoms with Crippen LogP contribution in [-0.2, 0) is 19.1 Å².